The van der Waals surface area contributed by atoms with E-state index < -0.39 is 0 Å². The van der Waals surface area contributed by atoms with E-state index in [2.05, 4.69) is 16.9 Å². The van der Waals surface area contributed by atoms with Crippen LogP contribution in [0.4, 0.5) is 5.69 Å². The Kier molecular flexibility index (Phi) is 3.28. The minimum absolute atomic E-state index is 0.0109. The zero-order valence-corrected chi connectivity index (χ0v) is 11.5. The second kappa shape index (κ2) is 5.09. The Hall–Kier alpha value is -2.14. The highest BCUT2D eigenvalue weighted by Gasteiger charge is 2.21. The number of anilines is 1. The topological polar surface area (TPSA) is 62.5 Å². The Morgan fingerprint density at radius 3 is 2.65 bits per heavy atom. The number of hydrogen-bond acceptors (Lipinski definition) is 4. The maximum Gasteiger partial charge on any atom is 0.272 e. The first-order valence-corrected chi connectivity index (χ1v) is 6.78. The summed E-state index contributed by atoms with van der Waals surface area (Å²) in [4.78, 5) is 21.0. The van der Waals surface area contributed by atoms with Crippen LogP contribution < -0.4 is 5.73 Å². The van der Waals surface area contributed by atoms with Crippen molar-refractivity contribution in [3.05, 3.63) is 36.0 Å². The number of piperazine rings is 1. The van der Waals surface area contributed by atoms with Gasteiger partial charge in [0.25, 0.3) is 5.91 Å². The second-order valence-electron chi connectivity index (χ2n) is 5.21. The average molecular weight is 270 g/mol. The van der Waals surface area contributed by atoms with E-state index in [1.807, 2.05) is 23.1 Å². The molecule has 1 saturated heterocycles. The van der Waals surface area contributed by atoms with Gasteiger partial charge in [-0.25, -0.2) is 4.98 Å². The van der Waals surface area contributed by atoms with Crippen molar-refractivity contribution in [2.45, 2.75) is 0 Å². The third-order valence-electron chi connectivity index (χ3n) is 3.76. The highest BCUT2D eigenvalue weighted by molar-refractivity contribution is 5.97. The van der Waals surface area contributed by atoms with Gasteiger partial charge in [-0.1, -0.05) is 18.2 Å². The molecule has 0 spiro atoms. The molecule has 20 heavy (non-hydrogen) atoms. The van der Waals surface area contributed by atoms with E-state index in [0.717, 1.165) is 31.6 Å². The predicted octanol–water partition coefficient (Wildman–Crippen LogP) is 1.20. The van der Waals surface area contributed by atoms with Crippen molar-refractivity contribution in [3.63, 3.8) is 0 Å². The number of carbonyl (C=O) groups excluding carboxylic acids is 1. The molecular formula is C15H18N4O. The molecule has 1 aliphatic heterocycles. The number of rotatable bonds is 1. The molecule has 0 radical (unpaired) electrons. The molecule has 1 aromatic carbocycles. The number of pyridine rings is 1. The molecule has 3 rings (SSSR count). The van der Waals surface area contributed by atoms with Gasteiger partial charge in [-0.2, -0.15) is 0 Å². The molecule has 1 aliphatic rings. The van der Waals surface area contributed by atoms with Crippen LogP contribution in [0, 0.1) is 0 Å². The zero-order chi connectivity index (χ0) is 14.1. The fourth-order valence-electron chi connectivity index (χ4n) is 2.46. The fraction of sp³-hybridized carbons (Fsp3) is 0.333. The molecule has 0 aliphatic carbocycles. The normalized spacial score (nSPS) is 16.6. The second-order valence-corrected chi connectivity index (χ2v) is 5.21. The Bertz CT molecular complexity index is 647. The van der Waals surface area contributed by atoms with Crippen LogP contribution in [0.2, 0.25) is 0 Å². The molecule has 5 heteroatoms. The van der Waals surface area contributed by atoms with Crippen LogP contribution in [0.5, 0.6) is 0 Å². The summed E-state index contributed by atoms with van der Waals surface area (Å²) >= 11 is 0. The third-order valence-corrected chi connectivity index (χ3v) is 3.76. The van der Waals surface area contributed by atoms with E-state index in [4.69, 9.17) is 5.73 Å². The van der Waals surface area contributed by atoms with Crippen LogP contribution in [0.25, 0.3) is 10.9 Å². The Morgan fingerprint density at radius 1 is 1.15 bits per heavy atom. The molecule has 0 unspecified atom stereocenters. The molecule has 104 valence electrons. The molecular weight excluding hydrogens is 252 g/mol. The van der Waals surface area contributed by atoms with Gasteiger partial charge in [-0.3, -0.25) is 4.79 Å². The van der Waals surface area contributed by atoms with E-state index >= 15 is 0 Å². The molecule has 1 fully saturated rings. The lowest BCUT2D eigenvalue weighted by Crippen LogP contribution is -2.47. The van der Waals surface area contributed by atoms with Gasteiger partial charge < -0.3 is 15.5 Å². The van der Waals surface area contributed by atoms with E-state index in [1.165, 1.54) is 0 Å². The van der Waals surface area contributed by atoms with Crippen molar-refractivity contribution in [2.24, 2.45) is 0 Å². The quantitative estimate of drug-likeness (QED) is 0.791. The van der Waals surface area contributed by atoms with Crippen molar-refractivity contribution in [1.82, 2.24) is 14.8 Å². The highest BCUT2D eigenvalue weighted by Crippen LogP contribution is 2.19. The molecule has 0 atom stereocenters. The largest absolute Gasteiger partial charge is 0.397 e. The zero-order valence-electron chi connectivity index (χ0n) is 11.5. The predicted molar refractivity (Wildman–Crippen MR) is 79.6 cm³/mol. The summed E-state index contributed by atoms with van der Waals surface area (Å²) in [6.45, 7) is 3.31. The standard InChI is InChI=1S/C15H18N4O/c1-18-7-9-19(10-8-18)15(20)13-6-5-11-3-2-4-12(16)14(11)17-13/h2-6H,7-10,16H2,1H3. The molecule has 1 aromatic heterocycles. The van der Waals surface area contributed by atoms with Crippen LogP contribution >= 0.6 is 0 Å². The Labute approximate surface area is 118 Å². The number of fused-ring (bicyclic) bond motifs is 1. The molecule has 5 nitrogen and oxygen atoms in total. The van der Waals surface area contributed by atoms with Crippen molar-refractivity contribution in [3.8, 4) is 0 Å². The summed E-state index contributed by atoms with van der Waals surface area (Å²) in [6, 6.07) is 9.33. The number of nitrogens with zero attached hydrogens (tertiary/aromatic N) is 3. The number of carbonyl (C=O) groups is 1. The van der Waals surface area contributed by atoms with Gasteiger partial charge in [-0.05, 0) is 19.2 Å². The minimum Gasteiger partial charge on any atom is -0.397 e. The van der Waals surface area contributed by atoms with Crippen LogP contribution in [0.1, 0.15) is 10.5 Å². The summed E-state index contributed by atoms with van der Waals surface area (Å²) < 4.78 is 0. The smallest absolute Gasteiger partial charge is 0.272 e. The maximum atomic E-state index is 12.5. The minimum atomic E-state index is -0.0109. The van der Waals surface area contributed by atoms with Crippen molar-refractivity contribution >= 4 is 22.5 Å². The number of aromatic nitrogens is 1. The van der Waals surface area contributed by atoms with E-state index in [1.54, 1.807) is 12.1 Å². The van der Waals surface area contributed by atoms with E-state index in [0.29, 0.717) is 16.9 Å². The monoisotopic (exact) mass is 270 g/mol. The van der Waals surface area contributed by atoms with E-state index in [9.17, 15) is 4.79 Å². The number of hydrogen-bond donors (Lipinski definition) is 1. The van der Waals surface area contributed by atoms with Gasteiger partial charge in [0.05, 0.1) is 11.2 Å². The van der Waals surface area contributed by atoms with Crippen molar-refractivity contribution in [2.75, 3.05) is 39.0 Å². The number of nitrogens with two attached hydrogens (primary N) is 1. The number of nitrogen functional groups attached to an aromatic ring is 1. The van der Waals surface area contributed by atoms with Crippen LogP contribution in [0.3, 0.4) is 0 Å². The first-order valence-electron chi connectivity index (χ1n) is 6.78. The first-order chi connectivity index (χ1) is 9.65. The molecule has 0 bridgehead atoms. The molecule has 0 saturated carbocycles. The highest BCUT2D eigenvalue weighted by atomic mass is 16.2. The molecule has 2 aromatic rings. The number of benzene rings is 1. The third kappa shape index (κ3) is 2.32. The Morgan fingerprint density at radius 2 is 1.90 bits per heavy atom. The van der Waals surface area contributed by atoms with Gasteiger partial charge in [0, 0.05) is 31.6 Å². The fourth-order valence-corrected chi connectivity index (χ4v) is 2.46. The molecule has 1 amide bonds. The summed E-state index contributed by atoms with van der Waals surface area (Å²) in [5, 5.41) is 0.958. The average Bonchev–Trinajstić information content (AvgIpc) is 2.47. The first kappa shape index (κ1) is 12.9. The van der Waals surface area contributed by atoms with Gasteiger partial charge in [0.1, 0.15) is 5.69 Å². The van der Waals surface area contributed by atoms with Crippen LogP contribution in [-0.2, 0) is 0 Å². The number of likely N-dealkylation sites (N-methyl/N-ethyl adjacent to an activating group) is 1. The van der Waals surface area contributed by atoms with Crippen LogP contribution in [0.15, 0.2) is 30.3 Å². The molecule has 2 N–H and O–H groups in total. The maximum absolute atomic E-state index is 12.5. The van der Waals surface area contributed by atoms with E-state index in [-0.39, 0.29) is 5.91 Å². The summed E-state index contributed by atoms with van der Waals surface area (Å²) in [5.74, 6) is -0.0109. The number of amides is 1. The van der Waals surface area contributed by atoms with Crippen molar-refractivity contribution < 1.29 is 4.79 Å². The number of para-hydroxylation sites is 1. The summed E-state index contributed by atoms with van der Waals surface area (Å²) in [6.07, 6.45) is 0. The van der Waals surface area contributed by atoms with Crippen molar-refractivity contribution in [1.29, 1.82) is 0 Å². The summed E-state index contributed by atoms with van der Waals surface area (Å²) in [7, 11) is 2.07. The lowest BCUT2D eigenvalue weighted by Gasteiger charge is -2.32. The molecule has 2 heterocycles. The van der Waals surface area contributed by atoms with Crippen LogP contribution in [-0.4, -0.2) is 53.9 Å². The summed E-state index contributed by atoms with van der Waals surface area (Å²) in [5.41, 5.74) is 7.71. The van der Waals surface area contributed by atoms with Gasteiger partial charge in [0.2, 0.25) is 0 Å². The lowest BCUT2D eigenvalue weighted by molar-refractivity contribution is 0.0658. The van der Waals surface area contributed by atoms with Gasteiger partial charge >= 0.3 is 0 Å². The van der Waals surface area contributed by atoms with Gasteiger partial charge in [0.15, 0.2) is 0 Å². The lowest BCUT2D eigenvalue weighted by atomic mass is 10.1. The SMILES string of the molecule is CN1CCN(C(=O)c2ccc3cccc(N)c3n2)CC1. The van der Waals surface area contributed by atoms with Gasteiger partial charge in [-0.15, -0.1) is 0 Å². The Balaban J connectivity index is 1.90.